The summed E-state index contributed by atoms with van der Waals surface area (Å²) in [6.07, 6.45) is 9.54. The summed E-state index contributed by atoms with van der Waals surface area (Å²) in [6, 6.07) is 11.7. The zero-order valence-electron chi connectivity index (χ0n) is 21.9. The smallest absolute Gasteiger partial charge is 0.145 e. The van der Waals surface area contributed by atoms with Gasteiger partial charge in [0.25, 0.3) is 0 Å². The summed E-state index contributed by atoms with van der Waals surface area (Å²) >= 11 is 0. The van der Waals surface area contributed by atoms with Crippen molar-refractivity contribution in [3.05, 3.63) is 84.6 Å². The van der Waals surface area contributed by atoms with E-state index in [1.807, 2.05) is 42.1 Å². The van der Waals surface area contributed by atoms with Gasteiger partial charge >= 0.3 is 0 Å². The molecular formula is C29H30FN7O2. The van der Waals surface area contributed by atoms with Gasteiger partial charge in [0.15, 0.2) is 0 Å². The van der Waals surface area contributed by atoms with Gasteiger partial charge < -0.3 is 25.1 Å². The number of benzene rings is 2. The third-order valence-corrected chi connectivity index (χ3v) is 6.23. The summed E-state index contributed by atoms with van der Waals surface area (Å²) in [5.41, 5.74) is 9.49. The summed E-state index contributed by atoms with van der Waals surface area (Å²) in [6.45, 7) is 4.52. The lowest BCUT2D eigenvalue weighted by atomic mass is 10.1. The number of nitrogens with zero attached hydrogens (tertiary/aromatic N) is 5. The van der Waals surface area contributed by atoms with Gasteiger partial charge in [0.05, 0.1) is 5.39 Å². The van der Waals surface area contributed by atoms with Crippen LogP contribution in [-0.2, 0) is 13.7 Å². The van der Waals surface area contributed by atoms with Crippen LogP contribution < -0.4 is 20.5 Å². The Morgan fingerprint density at radius 3 is 2.36 bits per heavy atom. The van der Waals surface area contributed by atoms with E-state index in [1.165, 1.54) is 44.4 Å². The minimum Gasteiger partial charge on any atom is -0.489 e. The number of anilines is 1. The third-order valence-electron chi connectivity index (χ3n) is 6.23. The Labute approximate surface area is 225 Å². The van der Waals surface area contributed by atoms with Crippen molar-refractivity contribution in [2.75, 3.05) is 18.8 Å². The lowest BCUT2D eigenvalue weighted by molar-refractivity contribution is 0.301. The van der Waals surface area contributed by atoms with Gasteiger partial charge in [-0.25, -0.2) is 24.3 Å². The predicted molar refractivity (Wildman–Crippen MR) is 148 cm³/mol. The van der Waals surface area contributed by atoms with Crippen LogP contribution in [-0.4, -0.2) is 37.6 Å². The highest BCUT2D eigenvalue weighted by Gasteiger charge is 2.13. The van der Waals surface area contributed by atoms with Crippen LogP contribution in [0.5, 0.6) is 17.2 Å². The van der Waals surface area contributed by atoms with Crippen molar-refractivity contribution in [3.8, 4) is 28.4 Å². The van der Waals surface area contributed by atoms with Gasteiger partial charge in [-0.05, 0) is 50.6 Å². The highest BCUT2D eigenvalue weighted by molar-refractivity contribution is 6.00. The second kappa shape index (κ2) is 11.9. The fraction of sp³-hybridized carbons (Fsp3) is 0.241. The number of hydrogen-bond acceptors (Lipinski definition) is 8. The normalized spacial score (nSPS) is 12.7. The zero-order valence-corrected chi connectivity index (χ0v) is 21.9. The molecular weight excluding hydrogens is 497 g/mol. The number of nitrogen functional groups attached to an aromatic ring is 1. The Hall–Kier alpha value is -4.57. The quantitative estimate of drug-likeness (QED) is 0.310. The molecule has 9 nitrogen and oxygen atoms in total. The van der Waals surface area contributed by atoms with Crippen LogP contribution >= 0.6 is 0 Å². The first-order valence-corrected chi connectivity index (χ1v) is 12.7. The first-order chi connectivity index (χ1) is 19.0. The molecule has 1 aliphatic heterocycles. The molecule has 0 radical (unpaired) electrons. The van der Waals surface area contributed by atoms with Crippen molar-refractivity contribution in [2.24, 2.45) is 7.05 Å². The first-order valence-electron chi connectivity index (χ1n) is 12.7. The zero-order chi connectivity index (χ0) is 27.2. The number of rotatable bonds is 6. The van der Waals surface area contributed by atoms with Crippen molar-refractivity contribution in [1.82, 2.24) is 29.8 Å². The molecule has 3 N–H and O–H groups in total. The molecule has 0 spiro atoms. The Bertz CT molecular complexity index is 1540. The topological polar surface area (TPSA) is 113 Å². The van der Waals surface area contributed by atoms with Crippen molar-refractivity contribution in [3.63, 3.8) is 0 Å². The maximum Gasteiger partial charge on any atom is 0.145 e. The van der Waals surface area contributed by atoms with E-state index in [-0.39, 0.29) is 6.61 Å². The van der Waals surface area contributed by atoms with E-state index in [0.29, 0.717) is 28.9 Å². The van der Waals surface area contributed by atoms with Crippen molar-refractivity contribution in [1.29, 1.82) is 0 Å². The number of ether oxygens (including phenoxy) is 2. The largest absolute Gasteiger partial charge is 0.489 e. The summed E-state index contributed by atoms with van der Waals surface area (Å²) in [5, 5.41) is 4.02. The molecule has 6 rings (SSSR count). The van der Waals surface area contributed by atoms with Gasteiger partial charge in [0, 0.05) is 55.0 Å². The van der Waals surface area contributed by atoms with Crippen molar-refractivity contribution < 1.29 is 13.9 Å². The fourth-order valence-corrected chi connectivity index (χ4v) is 4.26. The third kappa shape index (κ3) is 6.47. The van der Waals surface area contributed by atoms with Crippen LogP contribution in [0.4, 0.5) is 10.2 Å². The van der Waals surface area contributed by atoms with Gasteiger partial charge in [0.2, 0.25) is 0 Å². The molecule has 0 unspecified atom stereocenters. The van der Waals surface area contributed by atoms with E-state index >= 15 is 0 Å². The number of nitrogens with two attached hydrogens (primary N) is 1. The van der Waals surface area contributed by atoms with Gasteiger partial charge in [-0.2, -0.15) is 0 Å². The number of aromatic nitrogens is 5. The lowest BCUT2D eigenvalue weighted by Crippen LogP contribution is -2.03. The van der Waals surface area contributed by atoms with Gasteiger partial charge in [-0.3, -0.25) is 0 Å². The lowest BCUT2D eigenvalue weighted by Gasteiger charge is -2.10. The van der Waals surface area contributed by atoms with E-state index < -0.39 is 5.82 Å². The van der Waals surface area contributed by atoms with Crippen LogP contribution in [0.25, 0.3) is 22.2 Å². The van der Waals surface area contributed by atoms with Gasteiger partial charge in [0.1, 0.15) is 53.3 Å². The van der Waals surface area contributed by atoms with Crippen LogP contribution in [0.3, 0.4) is 0 Å². The Morgan fingerprint density at radius 1 is 0.949 bits per heavy atom. The molecule has 0 aliphatic carbocycles. The maximum atomic E-state index is 14.2. The van der Waals surface area contributed by atoms with E-state index in [9.17, 15) is 4.39 Å². The number of nitrogens with one attached hydrogen (secondary N) is 1. The monoisotopic (exact) mass is 527 g/mol. The van der Waals surface area contributed by atoms with Gasteiger partial charge in [-0.1, -0.05) is 12.1 Å². The standard InChI is InChI=1S/C25H21FN6O2.C4H9N/c1-15-28-10-16(11-29-15)13-33-20-7-18(26)8-21(9-20)34-19-5-3-17(4-6-19)22-12-32(2)25-23(22)24(27)30-14-31-25;1-2-4-5-3-1/h3-12,14H,13H2,1-2H3,(H2,27,30,31);5H,1-4H2. The Balaban J connectivity index is 0.000000555. The fourth-order valence-electron chi connectivity index (χ4n) is 4.26. The predicted octanol–water partition coefficient (Wildman–Crippen LogP) is 5.20. The molecule has 200 valence electrons. The number of aryl methyl sites for hydroxylation is 2. The number of hydrogen-bond donors (Lipinski definition) is 2. The molecule has 0 saturated carbocycles. The Morgan fingerprint density at radius 2 is 1.67 bits per heavy atom. The van der Waals surface area contributed by atoms with Crippen molar-refractivity contribution >= 4 is 16.9 Å². The summed E-state index contributed by atoms with van der Waals surface area (Å²) in [5.74, 6) is 1.86. The second-order valence-electron chi connectivity index (χ2n) is 9.24. The molecule has 10 heteroatoms. The SMILES string of the molecule is C1CCNC1.Cc1ncc(COc2cc(F)cc(Oc3ccc(-c4cn(C)c5ncnc(N)c45)cc3)c2)cn1. The minimum absolute atomic E-state index is 0.218. The van der Waals surface area contributed by atoms with E-state index in [1.54, 1.807) is 25.4 Å². The molecule has 0 amide bonds. The highest BCUT2D eigenvalue weighted by atomic mass is 19.1. The molecule has 2 aromatic carbocycles. The summed E-state index contributed by atoms with van der Waals surface area (Å²) in [7, 11) is 1.91. The van der Waals surface area contributed by atoms with Crippen LogP contribution in [0.1, 0.15) is 24.2 Å². The summed E-state index contributed by atoms with van der Waals surface area (Å²) < 4.78 is 27.7. The van der Waals surface area contributed by atoms with Crippen LogP contribution in [0.2, 0.25) is 0 Å². The molecule has 1 saturated heterocycles. The average molecular weight is 528 g/mol. The van der Waals surface area contributed by atoms with Crippen LogP contribution in [0, 0.1) is 12.7 Å². The molecule has 4 heterocycles. The summed E-state index contributed by atoms with van der Waals surface area (Å²) in [4.78, 5) is 16.7. The molecule has 0 bridgehead atoms. The second-order valence-corrected chi connectivity index (χ2v) is 9.24. The number of fused-ring (bicyclic) bond motifs is 1. The average Bonchev–Trinajstić information content (AvgIpc) is 3.62. The highest BCUT2D eigenvalue weighted by Crippen LogP contribution is 2.34. The molecule has 1 fully saturated rings. The molecule has 1 aliphatic rings. The molecule has 39 heavy (non-hydrogen) atoms. The molecule has 0 atom stereocenters. The Kier molecular flexibility index (Phi) is 7.93. The maximum absolute atomic E-state index is 14.2. The van der Waals surface area contributed by atoms with Crippen molar-refractivity contribution in [2.45, 2.75) is 26.4 Å². The minimum atomic E-state index is -0.462. The number of halogens is 1. The van der Waals surface area contributed by atoms with E-state index in [2.05, 4.69) is 25.3 Å². The first kappa shape index (κ1) is 26.1. The van der Waals surface area contributed by atoms with E-state index in [4.69, 9.17) is 15.2 Å². The van der Waals surface area contributed by atoms with Gasteiger partial charge in [-0.15, -0.1) is 0 Å². The van der Waals surface area contributed by atoms with E-state index in [0.717, 1.165) is 27.7 Å². The van der Waals surface area contributed by atoms with Crippen LogP contribution in [0.15, 0.2) is 67.4 Å². The molecule has 3 aromatic heterocycles. The molecule has 5 aromatic rings.